The molecule has 0 aromatic carbocycles. The number of hydrogen-bond donors (Lipinski definition) is 0. The SMILES string of the molecule is C[Si](C)(C)C#C/C=C\C1CCCCC1. The van der Waals surface area contributed by atoms with Gasteiger partial charge < -0.3 is 0 Å². The van der Waals surface area contributed by atoms with Gasteiger partial charge in [0, 0.05) is 0 Å². The molecule has 0 aliphatic heterocycles. The Balaban J connectivity index is 2.34. The third-order valence-electron chi connectivity index (χ3n) is 2.55. The molecule has 1 aliphatic rings. The van der Waals surface area contributed by atoms with E-state index >= 15 is 0 Å². The maximum atomic E-state index is 3.36. The fourth-order valence-corrected chi connectivity index (χ4v) is 2.29. The summed E-state index contributed by atoms with van der Waals surface area (Å²) in [4.78, 5) is 0. The Bertz CT molecular complexity index is 241. The van der Waals surface area contributed by atoms with Crippen LogP contribution in [0.1, 0.15) is 32.1 Å². The normalized spacial score (nSPS) is 19.4. The molecular formula is C13H22Si. The summed E-state index contributed by atoms with van der Waals surface area (Å²) in [6.45, 7) is 6.86. The zero-order valence-corrected chi connectivity index (χ0v) is 10.8. The Morgan fingerprint density at radius 3 is 2.29 bits per heavy atom. The van der Waals surface area contributed by atoms with Crippen LogP contribution in [0.3, 0.4) is 0 Å². The van der Waals surface area contributed by atoms with Crippen LogP contribution in [0, 0.1) is 17.4 Å². The van der Waals surface area contributed by atoms with Gasteiger partial charge in [-0.2, -0.15) is 0 Å². The maximum Gasteiger partial charge on any atom is 0.129 e. The molecule has 1 heteroatoms. The van der Waals surface area contributed by atoms with Gasteiger partial charge in [-0.05, 0) is 24.8 Å². The molecule has 0 aromatic heterocycles. The van der Waals surface area contributed by atoms with Crippen LogP contribution in [0.25, 0.3) is 0 Å². The van der Waals surface area contributed by atoms with Gasteiger partial charge in [0.1, 0.15) is 8.07 Å². The standard InChI is InChI=1S/C13H22Si/c1-14(2,3)12-8-7-11-13-9-5-4-6-10-13/h7,11,13H,4-6,9-10H2,1-3H3/b11-7-. The average Bonchev–Trinajstić information content (AvgIpc) is 2.13. The Labute approximate surface area is 89.8 Å². The van der Waals surface area contributed by atoms with Gasteiger partial charge in [-0.3, -0.25) is 0 Å². The molecule has 1 aliphatic carbocycles. The van der Waals surface area contributed by atoms with Crippen LogP contribution in [0.4, 0.5) is 0 Å². The molecule has 78 valence electrons. The van der Waals surface area contributed by atoms with Crippen molar-refractivity contribution in [3.63, 3.8) is 0 Å². The molecule has 14 heavy (non-hydrogen) atoms. The molecule has 0 nitrogen and oxygen atoms in total. The van der Waals surface area contributed by atoms with Crippen molar-refractivity contribution in [3.8, 4) is 11.5 Å². The fourth-order valence-electron chi connectivity index (χ4n) is 1.77. The van der Waals surface area contributed by atoms with E-state index in [0.29, 0.717) is 0 Å². The van der Waals surface area contributed by atoms with Crippen LogP contribution >= 0.6 is 0 Å². The quantitative estimate of drug-likeness (QED) is 0.449. The summed E-state index contributed by atoms with van der Waals surface area (Å²) in [6, 6.07) is 0. The highest BCUT2D eigenvalue weighted by Gasteiger charge is 2.09. The first-order valence-electron chi connectivity index (χ1n) is 5.77. The average molecular weight is 206 g/mol. The van der Waals surface area contributed by atoms with Gasteiger partial charge in [-0.1, -0.05) is 50.9 Å². The summed E-state index contributed by atoms with van der Waals surface area (Å²) in [7, 11) is -1.16. The highest BCUT2D eigenvalue weighted by atomic mass is 28.3. The van der Waals surface area contributed by atoms with Crippen LogP contribution < -0.4 is 0 Å². The Kier molecular flexibility index (Phi) is 4.48. The fraction of sp³-hybridized carbons (Fsp3) is 0.692. The molecule has 1 rings (SSSR count). The number of rotatable bonds is 1. The second-order valence-corrected chi connectivity index (χ2v) is 10.0. The van der Waals surface area contributed by atoms with Crippen molar-refractivity contribution in [2.75, 3.05) is 0 Å². The van der Waals surface area contributed by atoms with Crippen LogP contribution in [0.2, 0.25) is 19.6 Å². The van der Waals surface area contributed by atoms with Gasteiger partial charge in [0.15, 0.2) is 0 Å². The molecule has 0 spiro atoms. The summed E-state index contributed by atoms with van der Waals surface area (Å²) in [5, 5.41) is 0. The molecule has 1 fully saturated rings. The highest BCUT2D eigenvalue weighted by Crippen LogP contribution is 2.24. The van der Waals surface area contributed by atoms with Crippen LogP contribution in [0.5, 0.6) is 0 Å². The summed E-state index contributed by atoms with van der Waals surface area (Å²) in [5.74, 6) is 4.02. The lowest BCUT2D eigenvalue weighted by Gasteiger charge is -2.17. The molecule has 1 saturated carbocycles. The van der Waals surface area contributed by atoms with Crippen molar-refractivity contribution >= 4 is 8.07 Å². The van der Waals surface area contributed by atoms with E-state index < -0.39 is 8.07 Å². The minimum atomic E-state index is -1.16. The van der Waals surface area contributed by atoms with Gasteiger partial charge in [-0.15, -0.1) is 5.54 Å². The zero-order chi connectivity index (χ0) is 10.4. The largest absolute Gasteiger partial charge is 0.129 e. The summed E-state index contributed by atoms with van der Waals surface area (Å²) in [5.41, 5.74) is 3.36. The molecule has 0 amide bonds. The van der Waals surface area contributed by atoms with Crippen molar-refractivity contribution in [3.05, 3.63) is 12.2 Å². The Hall–Kier alpha value is -0.483. The Morgan fingerprint density at radius 2 is 1.71 bits per heavy atom. The topological polar surface area (TPSA) is 0 Å². The van der Waals surface area contributed by atoms with E-state index in [1.807, 2.05) is 0 Å². The molecule has 0 aromatic rings. The molecule has 0 atom stereocenters. The van der Waals surface area contributed by atoms with Gasteiger partial charge >= 0.3 is 0 Å². The van der Waals surface area contributed by atoms with Gasteiger partial charge in [0.05, 0.1) is 0 Å². The molecule has 0 bridgehead atoms. The first-order chi connectivity index (χ1) is 6.58. The summed E-state index contributed by atoms with van der Waals surface area (Å²) in [6.07, 6.45) is 11.4. The number of allylic oxidation sites excluding steroid dienone is 2. The highest BCUT2D eigenvalue weighted by molar-refractivity contribution is 6.83. The lowest BCUT2D eigenvalue weighted by atomic mass is 9.89. The minimum Gasteiger partial charge on any atom is -0.127 e. The zero-order valence-electron chi connectivity index (χ0n) is 9.77. The van der Waals surface area contributed by atoms with E-state index in [0.717, 1.165) is 5.92 Å². The van der Waals surface area contributed by atoms with Crippen molar-refractivity contribution in [1.29, 1.82) is 0 Å². The third-order valence-corrected chi connectivity index (χ3v) is 3.44. The lowest BCUT2D eigenvalue weighted by Crippen LogP contribution is -2.16. The van der Waals surface area contributed by atoms with E-state index in [1.165, 1.54) is 32.1 Å². The third kappa shape index (κ3) is 5.29. The minimum absolute atomic E-state index is 0.819. The molecule has 0 unspecified atom stereocenters. The first-order valence-corrected chi connectivity index (χ1v) is 9.27. The van der Waals surface area contributed by atoms with E-state index in [2.05, 4.69) is 43.3 Å². The van der Waals surface area contributed by atoms with Crippen LogP contribution in [-0.4, -0.2) is 8.07 Å². The molecule has 0 radical (unpaired) electrons. The van der Waals surface area contributed by atoms with Gasteiger partial charge in [0.25, 0.3) is 0 Å². The van der Waals surface area contributed by atoms with E-state index in [4.69, 9.17) is 0 Å². The lowest BCUT2D eigenvalue weighted by molar-refractivity contribution is 0.419. The predicted molar refractivity (Wildman–Crippen MR) is 66.8 cm³/mol. The Morgan fingerprint density at radius 1 is 1.07 bits per heavy atom. The molecule has 0 heterocycles. The van der Waals surface area contributed by atoms with E-state index in [9.17, 15) is 0 Å². The van der Waals surface area contributed by atoms with Crippen molar-refractivity contribution in [1.82, 2.24) is 0 Å². The second-order valence-electron chi connectivity index (χ2n) is 5.28. The van der Waals surface area contributed by atoms with Gasteiger partial charge in [-0.25, -0.2) is 0 Å². The van der Waals surface area contributed by atoms with Crippen LogP contribution in [-0.2, 0) is 0 Å². The van der Waals surface area contributed by atoms with E-state index in [-0.39, 0.29) is 0 Å². The molecule has 0 saturated heterocycles. The molecule has 0 N–H and O–H groups in total. The predicted octanol–water partition coefficient (Wildman–Crippen LogP) is 4.00. The summed E-state index contributed by atoms with van der Waals surface area (Å²) >= 11 is 0. The van der Waals surface area contributed by atoms with Crippen molar-refractivity contribution < 1.29 is 0 Å². The summed E-state index contributed by atoms with van der Waals surface area (Å²) < 4.78 is 0. The van der Waals surface area contributed by atoms with Crippen molar-refractivity contribution in [2.45, 2.75) is 51.7 Å². The molecular weight excluding hydrogens is 184 g/mol. The monoisotopic (exact) mass is 206 g/mol. The second kappa shape index (κ2) is 5.41. The maximum absolute atomic E-state index is 3.36. The smallest absolute Gasteiger partial charge is 0.127 e. The van der Waals surface area contributed by atoms with Crippen molar-refractivity contribution in [2.24, 2.45) is 5.92 Å². The van der Waals surface area contributed by atoms with E-state index in [1.54, 1.807) is 0 Å². The van der Waals surface area contributed by atoms with Gasteiger partial charge in [0.2, 0.25) is 0 Å². The number of hydrogen-bond acceptors (Lipinski definition) is 0. The van der Waals surface area contributed by atoms with Crippen LogP contribution in [0.15, 0.2) is 12.2 Å². The first kappa shape index (κ1) is 11.6.